The largest absolute Gasteiger partial charge is 0.480 e. The standard InChI is InChI=1S/C12H20N2O3S/c1-3-6-13(2)12(17)14-9(11(15)16)7-18-10(14)8-4-5-8/h8-10H,3-7H2,1-2H3,(H,15,16). The number of carboxylic acids is 1. The second-order valence-corrected chi connectivity index (χ2v) is 6.18. The van der Waals surface area contributed by atoms with Gasteiger partial charge >= 0.3 is 12.0 Å². The summed E-state index contributed by atoms with van der Waals surface area (Å²) in [6, 6.07) is -0.793. The first-order chi connectivity index (χ1) is 8.56. The van der Waals surface area contributed by atoms with Gasteiger partial charge in [-0.15, -0.1) is 11.8 Å². The lowest BCUT2D eigenvalue weighted by Crippen LogP contribution is -2.51. The lowest BCUT2D eigenvalue weighted by molar-refractivity contribution is -0.141. The summed E-state index contributed by atoms with van der Waals surface area (Å²) in [5, 5.41) is 9.31. The molecule has 2 atom stereocenters. The molecule has 6 heteroatoms. The molecule has 102 valence electrons. The molecule has 0 radical (unpaired) electrons. The monoisotopic (exact) mass is 272 g/mol. The van der Waals surface area contributed by atoms with E-state index in [2.05, 4.69) is 0 Å². The molecule has 2 aliphatic rings. The van der Waals surface area contributed by atoms with Gasteiger partial charge in [0.25, 0.3) is 0 Å². The third-order valence-electron chi connectivity index (χ3n) is 3.45. The van der Waals surface area contributed by atoms with E-state index < -0.39 is 12.0 Å². The van der Waals surface area contributed by atoms with E-state index in [1.165, 1.54) is 0 Å². The van der Waals surface area contributed by atoms with Crippen LogP contribution in [0.3, 0.4) is 0 Å². The van der Waals surface area contributed by atoms with E-state index in [4.69, 9.17) is 0 Å². The van der Waals surface area contributed by atoms with Gasteiger partial charge in [0.2, 0.25) is 0 Å². The third kappa shape index (κ3) is 2.58. The summed E-state index contributed by atoms with van der Waals surface area (Å²) >= 11 is 1.62. The summed E-state index contributed by atoms with van der Waals surface area (Å²) in [6.07, 6.45) is 3.12. The molecule has 1 aliphatic carbocycles. The Morgan fingerprint density at radius 3 is 2.61 bits per heavy atom. The van der Waals surface area contributed by atoms with Crippen LogP contribution in [0.15, 0.2) is 0 Å². The smallest absolute Gasteiger partial charge is 0.327 e. The van der Waals surface area contributed by atoms with E-state index in [1.807, 2.05) is 6.92 Å². The second-order valence-electron chi connectivity index (χ2n) is 5.03. The predicted molar refractivity (Wildman–Crippen MR) is 70.5 cm³/mol. The van der Waals surface area contributed by atoms with Gasteiger partial charge in [0.1, 0.15) is 6.04 Å². The number of hydrogen-bond acceptors (Lipinski definition) is 3. The van der Waals surface area contributed by atoms with Crippen molar-refractivity contribution in [3.05, 3.63) is 0 Å². The van der Waals surface area contributed by atoms with Gasteiger partial charge in [0, 0.05) is 19.3 Å². The first kappa shape index (κ1) is 13.5. The Labute approximate surface area is 112 Å². The number of urea groups is 1. The number of carbonyl (C=O) groups is 2. The number of thioether (sulfide) groups is 1. The topological polar surface area (TPSA) is 60.9 Å². The Morgan fingerprint density at radius 1 is 1.44 bits per heavy atom. The minimum Gasteiger partial charge on any atom is -0.480 e. The van der Waals surface area contributed by atoms with Gasteiger partial charge < -0.3 is 10.0 Å². The van der Waals surface area contributed by atoms with Crippen LogP contribution >= 0.6 is 11.8 Å². The second kappa shape index (κ2) is 5.38. The van der Waals surface area contributed by atoms with Crippen molar-refractivity contribution in [2.75, 3.05) is 19.3 Å². The number of rotatable bonds is 4. The summed E-state index contributed by atoms with van der Waals surface area (Å²) in [6.45, 7) is 2.68. The molecule has 5 nitrogen and oxygen atoms in total. The molecule has 1 aliphatic heterocycles. The predicted octanol–water partition coefficient (Wildman–Crippen LogP) is 1.69. The molecular formula is C12H20N2O3S. The van der Waals surface area contributed by atoms with Gasteiger partial charge in [-0.05, 0) is 25.2 Å². The normalized spacial score (nSPS) is 27.3. The van der Waals surface area contributed by atoms with Crippen molar-refractivity contribution in [2.45, 2.75) is 37.6 Å². The first-order valence-electron chi connectivity index (χ1n) is 6.44. The van der Waals surface area contributed by atoms with Gasteiger partial charge in [0.15, 0.2) is 0 Å². The molecular weight excluding hydrogens is 252 g/mol. The van der Waals surface area contributed by atoms with Crippen LogP contribution in [0.5, 0.6) is 0 Å². The minimum absolute atomic E-state index is 0.0675. The first-order valence-corrected chi connectivity index (χ1v) is 7.49. The average Bonchev–Trinajstić information content (AvgIpc) is 3.07. The highest BCUT2D eigenvalue weighted by atomic mass is 32.2. The van der Waals surface area contributed by atoms with Crippen LogP contribution in [0.2, 0.25) is 0 Å². The summed E-state index contributed by atoms with van der Waals surface area (Å²) in [5.74, 6) is 0.129. The number of carboxylic acid groups (broad SMARTS) is 1. The zero-order chi connectivity index (χ0) is 13.3. The highest BCUT2D eigenvalue weighted by molar-refractivity contribution is 8.00. The molecule has 1 saturated carbocycles. The lowest BCUT2D eigenvalue weighted by Gasteiger charge is -2.31. The van der Waals surface area contributed by atoms with E-state index in [0.29, 0.717) is 18.2 Å². The van der Waals surface area contributed by atoms with E-state index >= 15 is 0 Å². The maximum atomic E-state index is 12.4. The number of carbonyl (C=O) groups excluding carboxylic acids is 1. The van der Waals surface area contributed by atoms with Gasteiger partial charge in [-0.2, -0.15) is 0 Å². The maximum Gasteiger partial charge on any atom is 0.327 e. The fraction of sp³-hybridized carbons (Fsp3) is 0.833. The van der Waals surface area contributed by atoms with E-state index in [9.17, 15) is 14.7 Å². The van der Waals surface area contributed by atoms with E-state index in [0.717, 1.165) is 19.3 Å². The van der Waals surface area contributed by atoms with Crippen LogP contribution in [0.25, 0.3) is 0 Å². The molecule has 0 bridgehead atoms. The molecule has 0 aromatic rings. The summed E-state index contributed by atoms with van der Waals surface area (Å²) in [7, 11) is 1.75. The van der Waals surface area contributed by atoms with Gasteiger partial charge in [-0.1, -0.05) is 6.92 Å². The van der Waals surface area contributed by atoms with Crippen molar-refractivity contribution in [3.63, 3.8) is 0 Å². The van der Waals surface area contributed by atoms with E-state index in [-0.39, 0.29) is 11.4 Å². The quantitative estimate of drug-likeness (QED) is 0.846. The zero-order valence-electron chi connectivity index (χ0n) is 10.8. The molecule has 2 fully saturated rings. The van der Waals surface area contributed by atoms with Gasteiger partial charge in [0.05, 0.1) is 5.37 Å². The Kier molecular flexibility index (Phi) is 4.04. The van der Waals surface area contributed by atoms with Crippen LogP contribution < -0.4 is 0 Å². The Bertz CT molecular complexity index is 346. The van der Waals surface area contributed by atoms with Crippen molar-refractivity contribution >= 4 is 23.8 Å². The number of nitrogens with zero attached hydrogens (tertiary/aromatic N) is 2. The molecule has 0 aromatic heterocycles. The molecule has 2 amide bonds. The van der Waals surface area contributed by atoms with Crippen LogP contribution in [0, 0.1) is 5.92 Å². The number of hydrogen-bond donors (Lipinski definition) is 1. The summed E-state index contributed by atoms with van der Waals surface area (Å²) < 4.78 is 0. The molecule has 1 saturated heterocycles. The van der Waals surface area contributed by atoms with Crippen molar-refractivity contribution in [1.29, 1.82) is 0 Å². The molecule has 2 unspecified atom stereocenters. The molecule has 18 heavy (non-hydrogen) atoms. The lowest BCUT2D eigenvalue weighted by atomic mass is 10.2. The fourth-order valence-corrected chi connectivity index (χ4v) is 3.96. The van der Waals surface area contributed by atoms with Crippen LogP contribution in [-0.2, 0) is 4.79 Å². The molecule has 0 spiro atoms. The zero-order valence-corrected chi connectivity index (χ0v) is 11.7. The molecule has 1 N–H and O–H groups in total. The summed E-state index contributed by atoms with van der Waals surface area (Å²) in [5.41, 5.74) is 0. The molecule has 2 rings (SSSR count). The number of aliphatic carboxylic acids is 1. The van der Waals surface area contributed by atoms with Gasteiger partial charge in [-0.25, -0.2) is 9.59 Å². The SMILES string of the molecule is CCCN(C)C(=O)N1C(C(=O)O)CSC1C1CC1. The molecule has 1 heterocycles. The van der Waals surface area contributed by atoms with Crippen molar-refractivity contribution in [3.8, 4) is 0 Å². The minimum atomic E-state index is -0.885. The van der Waals surface area contributed by atoms with Crippen molar-refractivity contribution in [1.82, 2.24) is 9.80 Å². The van der Waals surface area contributed by atoms with Gasteiger partial charge in [-0.3, -0.25) is 4.90 Å². The number of amides is 2. The highest BCUT2D eigenvalue weighted by Crippen LogP contribution is 2.45. The van der Waals surface area contributed by atoms with E-state index in [1.54, 1.807) is 28.6 Å². The average molecular weight is 272 g/mol. The highest BCUT2D eigenvalue weighted by Gasteiger charge is 2.48. The van der Waals surface area contributed by atoms with Crippen LogP contribution in [-0.4, -0.2) is 57.7 Å². The van der Waals surface area contributed by atoms with Crippen molar-refractivity contribution < 1.29 is 14.7 Å². The Hall–Kier alpha value is -0.910. The third-order valence-corrected chi connectivity index (χ3v) is 4.91. The fourth-order valence-electron chi connectivity index (χ4n) is 2.33. The van der Waals surface area contributed by atoms with Crippen LogP contribution in [0.4, 0.5) is 4.79 Å². The Morgan fingerprint density at radius 2 is 2.11 bits per heavy atom. The maximum absolute atomic E-state index is 12.4. The van der Waals surface area contributed by atoms with Crippen LogP contribution in [0.1, 0.15) is 26.2 Å². The molecule has 0 aromatic carbocycles. The summed E-state index contributed by atoms with van der Waals surface area (Å²) in [4.78, 5) is 26.9. The Balaban J connectivity index is 2.12. The van der Waals surface area contributed by atoms with Crippen molar-refractivity contribution in [2.24, 2.45) is 5.92 Å².